The standard InChI is InChI=1S/C9H11O2/c1-2-11-9-5-3-8(7-10)4-6-9/h2-6,10H,7H2,1H3. The van der Waals surface area contributed by atoms with Crippen molar-refractivity contribution in [3.63, 3.8) is 0 Å². The average molecular weight is 151 g/mol. The van der Waals surface area contributed by atoms with Gasteiger partial charge in [-0.25, -0.2) is 0 Å². The first-order valence-corrected chi connectivity index (χ1v) is 3.51. The SMILES string of the molecule is C[CH]Oc1ccc(CO)cc1. The lowest BCUT2D eigenvalue weighted by Crippen LogP contribution is -1.86. The van der Waals surface area contributed by atoms with E-state index >= 15 is 0 Å². The van der Waals surface area contributed by atoms with Crippen molar-refractivity contribution in [2.45, 2.75) is 13.5 Å². The van der Waals surface area contributed by atoms with Crippen LogP contribution in [-0.2, 0) is 6.61 Å². The van der Waals surface area contributed by atoms with E-state index in [0.29, 0.717) is 0 Å². The number of benzene rings is 1. The number of hydrogen-bond acceptors (Lipinski definition) is 2. The Balaban J connectivity index is 2.66. The molecule has 0 spiro atoms. The van der Waals surface area contributed by atoms with Gasteiger partial charge in [0.1, 0.15) is 12.4 Å². The van der Waals surface area contributed by atoms with E-state index in [2.05, 4.69) is 0 Å². The molecular formula is C9H11O2. The van der Waals surface area contributed by atoms with Crippen molar-refractivity contribution in [2.24, 2.45) is 0 Å². The molecule has 1 radical (unpaired) electrons. The van der Waals surface area contributed by atoms with Crippen LogP contribution in [0.3, 0.4) is 0 Å². The number of aliphatic hydroxyl groups is 1. The van der Waals surface area contributed by atoms with Gasteiger partial charge in [0.05, 0.1) is 6.61 Å². The summed E-state index contributed by atoms with van der Waals surface area (Å²) < 4.78 is 5.10. The molecule has 0 saturated carbocycles. The molecule has 0 heterocycles. The van der Waals surface area contributed by atoms with E-state index in [9.17, 15) is 0 Å². The second-order valence-corrected chi connectivity index (χ2v) is 2.16. The predicted molar refractivity (Wildman–Crippen MR) is 43.0 cm³/mol. The van der Waals surface area contributed by atoms with Crippen molar-refractivity contribution in [1.82, 2.24) is 0 Å². The molecule has 0 aliphatic heterocycles. The van der Waals surface area contributed by atoms with Gasteiger partial charge in [-0.2, -0.15) is 0 Å². The smallest absolute Gasteiger partial charge is 0.132 e. The van der Waals surface area contributed by atoms with Crippen LogP contribution in [-0.4, -0.2) is 5.11 Å². The van der Waals surface area contributed by atoms with Crippen molar-refractivity contribution in [1.29, 1.82) is 0 Å². The second-order valence-electron chi connectivity index (χ2n) is 2.16. The minimum Gasteiger partial charge on any atom is -0.487 e. The van der Waals surface area contributed by atoms with Gasteiger partial charge < -0.3 is 9.84 Å². The zero-order valence-corrected chi connectivity index (χ0v) is 6.45. The van der Waals surface area contributed by atoms with Crippen LogP contribution in [0.1, 0.15) is 12.5 Å². The maximum absolute atomic E-state index is 8.71. The fourth-order valence-corrected chi connectivity index (χ4v) is 0.810. The largest absolute Gasteiger partial charge is 0.487 e. The average Bonchev–Trinajstić information content (AvgIpc) is 2.07. The highest BCUT2D eigenvalue weighted by atomic mass is 16.5. The van der Waals surface area contributed by atoms with Crippen LogP contribution in [0.4, 0.5) is 0 Å². The number of ether oxygens (including phenoxy) is 1. The lowest BCUT2D eigenvalue weighted by atomic mass is 10.2. The van der Waals surface area contributed by atoms with Crippen LogP contribution < -0.4 is 4.74 Å². The Kier molecular flexibility index (Phi) is 2.93. The normalized spacial score (nSPS) is 9.64. The van der Waals surface area contributed by atoms with Gasteiger partial charge in [0.25, 0.3) is 0 Å². The molecule has 0 saturated heterocycles. The van der Waals surface area contributed by atoms with E-state index < -0.39 is 0 Å². The van der Waals surface area contributed by atoms with E-state index in [0.717, 1.165) is 11.3 Å². The zero-order valence-electron chi connectivity index (χ0n) is 6.45. The Hall–Kier alpha value is -1.02. The predicted octanol–water partition coefficient (Wildman–Crippen LogP) is 1.74. The lowest BCUT2D eigenvalue weighted by Gasteiger charge is -2.01. The van der Waals surface area contributed by atoms with Crippen LogP contribution in [0, 0.1) is 6.61 Å². The van der Waals surface area contributed by atoms with Gasteiger partial charge in [-0.05, 0) is 24.6 Å². The minimum absolute atomic E-state index is 0.0795. The highest BCUT2D eigenvalue weighted by Gasteiger charge is 1.91. The molecule has 0 unspecified atom stereocenters. The van der Waals surface area contributed by atoms with E-state index in [1.54, 1.807) is 6.61 Å². The van der Waals surface area contributed by atoms with Crippen molar-refractivity contribution >= 4 is 0 Å². The molecule has 1 aromatic carbocycles. The molecular weight excluding hydrogens is 140 g/mol. The van der Waals surface area contributed by atoms with Gasteiger partial charge in [0.15, 0.2) is 0 Å². The first-order chi connectivity index (χ1) is 5.36. The fourth-order valence-electron chi connectivity index (χ4n) is 0.810. The van der Waals surface area contributed by atoms with Gasteiger partial charge in [-0.3, -0.25) is 0 Å². The molecule has 11 heavy (non-hydrogen) atoms. The summed E-state index contributed by atoms with van der Waals surface area (Å²) in [6.45, 7) is 3.52. The summed E-state index contributed by atoms with van der Waals surface area (Å²) in [6, 6.07) is 7.31. The summed E-state index contributed by atoms with van der Waals surface area (Å²) >= 11 is 0. The first kappa shape index (κ1) is 8.08. The molecule has 0 aliphatic rings. The molecule has 0 amide bonds. The monoisotopic (exact) mass is 151 g/mol. The van der Waals surface area contributed by atoms with Crippen LogP contribution in [0.5, 0.6) is 5.75 Å². The molecule has 1 N–H and O–H groups in total. The quantitative estimate of drug-likeness (QED) is 0.713. The maximum atomic E-state index is 8.71. The molecule has 2 heteroatoms. The molecule has 1 aromatic rings. The van der Waals surface area contributed by atoms with Gasteiger partial charge in [-0.15, -0.1) is 0 Å². The van der Waals surface area contributed by atoms with E-state index in [-0.39, 0.29) is 6.61 Å². The summed E-state index contributed by atoms with van der Waals surface area (Å²) in [5, 5.41) is 8.71. The molecule has 0 aromatic heterocycles. The van der Waals surface area contributed by atoms with E-state index in [1.807, 2.05) is 31.2 Å². The maximum Gasteiger partial charge on any atom is 0.132 e. The molecule has 0 bridgehead atoms. The van der Waals surface area contributed by atoms with Crippen LogP contribution >= 0.6 is 0 Å². The zero-order chi connectivity index (χ0) is 8.10. The Bertz CT molecular complexity index is 203. The third-order valence-corrected chi connectivity index (χ3v) is 1.36. The third kappa shape index (κ3) is 2.24. The highest BCUT2D eigenvalue weighted by molar-refractivity contribution is 5.26. The topological polar surface area (TPSA) is 29.5 Å². The Morgan fingerprint density at radius 3 is 2.45 bits per heavy atom. The van der Waals surface area contributed by atoms with Gasteiger partial charge in [-0.1, -0.05) is 12.1 Å². The van der Waals surface area contributed by atoms with Gasteiger partial charge >= 0.3 is 0 Å². The number of hydrogen-bond donors (Lipinski definition) is 1. The van der Waals surface area contributed by atoms with Gasteiger partial charge in [0, 0.05) is 0 Å². The van der Waals surface area contributed by atoms with Crippen LogP contribution in [0.25, 0.3) is 0 Å². The third-order valence-electron chi connectivity index (χ3n) is 1.36. The van der Waals surface area contributed by atoms with Crippen molar-refractivity contribution < 1.29 is 9.84 Å². The summed E-state index contributed by atoms with van der Waals surface area (Å²) in [7, 11) is 0. The minimum atomic E-state index is 0.0795. The highest BCUT2D eigenvalue weighted by Crippen LogP contribution is 2.12. The molecule has 0 aliphatic carbocycles. The summed E-state index contributed by atoms with van der Waals surface area (Å²) in [5.74, 6) is 0.796. The summed E-state index contributed by atoms with van der Waals surface area (Å²) in [5.41, 5.74) is 0.897. The molecule has 59 valence electrons. The Morgan fingerprint density at radius 1 is 1.36 bits per heavy atom. The first-order valence-electron chi connectivity index (χ1n) is 3.51. The fraction of sp³-hybridized carbons (Fsp3) is 0.222. The van der Waals surface area contributed by atoms with Crippen molar-refractivity contribution in [2.75, 3.05) is 0 Å². The van der Waals surface area contributed by atoms with Crippen molar-refractivity contribution in [3.8, 4) is 5.75 Å². The second kappa shape index (κ2) is 3.98. The number of rotatable bonds is 3. The van der Waals surface area contributed by atoms with Gasteiger partial charge in [0.2, 0.25) is 0 Å². The van der Waals surface area contributed by atoms with E-state index in [4.69, 9.17) is 9.84 Å². The van der Waals surface area contributed by atoms with Crippen molar-refractivity contribution in [3.05, 3.63) is 36.4 Å². The van der Waals surface area contributed by atoms with Crippen LogP contribution in [0.2, 0.25) is 0 Å². The molecule has 0 atom stereocenters. The summed E-state index contributed by atoms with van der Waals surface area (Å²) in [4.78, 5) is 0. The molecule has 0 fully saturated rings. The molecule has 2 nitrogen and oxygen atoms in total. The Labute approximate surface area is 66.4 Å². The Morgan fingerprint density at radius 2 is 2.00 bits per heavy atom. The lowest BCUT2D eigenvalue weighted by molar-refractivity contribution is 0.281. The molecule has 1 rings (SSSR count). The summed E-state index contributed by atoms with van der Waals surface area (Å²) in [6.07, 6.45) is 0. The number of aliphatic hydroxyl groups excluding tert-OH is 1. The van der Waals surface area contributed by atoms with Crippen LogP contribution in [0.15, 0.2) is 24.3 Å². The van der Waals surface area contributed by atoms with E-state index in [1.165, 1.54) is 0 Å².